The van der Waals surface area contributed by atoms with Crippen LogP contribution in [0.25, 0.3) is 0 Å². The second kappa shape index (κ2) is 6.28. The number of aliphatic carboxylic acids is 1. The van der Waals surface area contributed by atoms with E-state index in [9.17, 15) is 4.79 Å². The van der Waals surface area contributed by atoms with Crippen LogP contribution in [0.15, 0.2) is 18.2 Å². The number of benzene rings is 1. The Bertz CT molecular complexity index is 416. The number of ether oxygens (including phenoxy) is 1. The van der Waals surface area contributed by atoms with Crippen molar-refractivity contribution in [3.05, 3.63) is 23.8 Å². The lowest BCUT2D eigenvalue weighted by molar-refractivity contribution is -0.136. The largest absolute Gasteiger partial charge is 0.491 e. The Labute approximate surface area is 108 Å². The number of nitrogens with zero attached hydrogens (tertiary/aromatic N) is 1. The smallest absolute Gasteiger partial charge is 0.305 e. The molecule has 0 radical (unpaired) electrons. The van der Waals surface area contributed by atoms with E-state index in [0.29, 0.717) is 6.54 Å². The van der Waals surface area contributed by atoms with Gasteiger partial charge in [0, 0.05) is 19.3 Å². The van der Waals surface area contributed by atoms with Gasteiger partial charge in [-0.3, -0.25) is 4.79 Å². The number of aryl methyl sites for hydroxylation is 1. The van der Waals surface area contributed by atoms with Crippen molar-refractivity contribution in [2.45, 2.75) is 33.3 Å². The second-order valence-electron chi connectivity index (χ2n) is 4.68. The maximum Gasteiger partial charge on any atom is 0.305 e. The van der Waals surface area contributed by atoms with Crippen LogP contribution >= 0.6 is 0 Å². The van der Waals surface area contributed by atoms with Crippen LogP contribution in [0.2, 0.25) is 0 Å². The number of carboxylic acid groups (broad SMARTS) is 1. The van der Waals surface area contributed by atoms with Gasteiger partial charge in [-0.05, 0) is 44.5 Å². The summed E-state index contributed by atoms with van der Waals surface area (Å²) in [6, 6.07) is 5.90. The van der Waals surface area contributed by atoms with E-state index >= 15 is 0 Å². The molecular weight excluding hydrogens is 230 g/mol. The molecule has 0 aliphatic heterocycles. The highest BCUT2D eigenvalue weighted by Crippen LogP contribution is 2.24. The molecule has 0 aromatic heterocycles. The van der Waals surface area contributed by atoms with Gasteiger partial charge in [-0.25, -0.2) is 0 Å². The summed E-state index contributed by atoms with van der Waals surface area (Å²) in [6.45, 7) is 6.48. The highest BCUT2D eigenvalue weighted by molar-refractivity contribution is 5.67. The van der Waals surface area contributed by atoms with Gasteiger partial charge in [0.15, 0.2) is 0 Å². The third-order valence-corrected chi connectivity index (χ3v) is 2.62. The lowest BCUT2D eigenvalue weighted by Gasteiger charge is -2.20. The Morgan fingerprint density at radius 1 is 1.44 bits per heavy atom. The normalized spacial score (nSPS) is 10.5. The van der Waals surface area contributed by atoms with Crippen LogP contribution in [0.1, 0.15) is 25.8 Å². The van der Waals surface area contributed by atoms with E-state index in [1.54, 1.807) is 0 Å². The van der Waals surface area contributed by atoms with Crippen LogP contribution in [0.3, 0.4) is 0 Å². The van der Waals surface area contributed by atoms with Crippen molar-refractivity contribution in [1.82, 2.24) is 0 Å². The lowest BCUT2D eigenvalue weighted by Crippen LogP contribution is -2.21. The molecule has 0 aliphatic carbocycles. The molecule has 100 valence electrons. The summed E-state index contributed by atoms with van der Waals surface area (Å²) in [5.74, 6) is 0.0960. The summed E-state index contributed by atoms with van der Waals surface area (Å²) in [6.07, 6.45) is 0.291. The first kappa shape index (κ1) is 14.4. The Morgan fingerprint density at radius 2 is 2.11 bits per heavy atom. The molecule has 0 aliphatic rings. The van der Waals surface area contributed by atoms with E-state index in [-0.39, 0.29) is 12.5 Å². The number of hydrogen-bond donors (Lipinski definition) is 1. The van der Waals surface area contributed by atoms with Crippen molar-refractivity contribution >= 4 is 11.7 Å². The molecule has 0 unspecified atom stereocenters. The van der Waals surface area contributed by atoms with Crippen LogP contribution in [0, 0.1) is 6.92 Å². The SMILES string of the molecule is Cc1cc(N(C)CCC(=O)O)ccc1OC(C)C. The van der Waals surface area contributed by atoms with Crippen molar-refractivity contribution in [2.75, 3.05) is 18.5 Å². The van der Waals surface area contributed by atoms with Crippen molar-refractivity contribution in [3.8, 4) is 5.75 Å². The summed E-state index contributed by atoms with van der Waals surface area (Å²) in [4.78, 5) is 12.5. The van der Waals surface area contributed by atoms with Crippen LogP contribution in [0.5, 0.6) is 5.75 Å². The highest BCUT2D eigenvalue weighted by atomic mass is 16.5. The Morgan fingerprint density at radius 3 is 2.61 bits per heavy atom. The third kappa shape index (κ3) is 4.28. The number of rotatable bonds is 6. The monoisotopic (exact) mass is 251 g/mol. The molecule has 0 saturated carbocycles. The van der Waals surface area contributed by atoms with Gasteiger partial charge in [0.1, 0.15) is 5.75 Å². The van der Waals surface area contributed by atoms with Gasteiger partial charge in [-0.1, -0.05) is 0 Å². The fourth-order valence-electron chi connectivity index (χ4n) is 1.65. The van der Waals surface area contributed by atoms with Crippen LogP contribution in [-0.4, -0.2) is 30.8 Å². The zero-order valence-electron chi connectivity index (χ0n) is 11.4. The second-order valence-corrected chi connectivity index (χ2v) is 4.68. The predicted octanol–water partition coefficient (Wildman–Crippen LogP) is 2.69. The molecule has 18 heavy (non-hydrogen) atoms. The van der Waals surface area contributed by atoms with E-state index < -0.39 is 5.97 Å². The van der Waals surface area contributed by atoms with Gasteiger partial charge in [-0.2, -0.15) is 0 Å². The first-order chi connectivity index (χ1) is 8.40. The summed E-state index contributed by atoms with van der Waals surface area (Å²) in [7, 11) is 1.89. The topological polar surface area (TPSA) is 49.8 Å². The zero-order chi connectivity index (χ0) is 13.7. The quantitative estimate of drug-likeness (QED) is 0.844. The molecule has 4 heteroatoms. The molecule has 1 aromatic rings. The summed E-state index contributed by atoms with van der Waals surface area (Å²) < 4.78 is 5.67. The van der Waals surface area contributed by atoms with Crippen LogP contribution in [0.4, 0.5) is 5.69 Å². The van der Waals surface area contributed by atoms with Gasteiger partial charge < -0.3 is 14.7 Å². The molecule has 1 aromatic carbocycles. The van der Waals surface area contributed by atoms with E-state index in [0.717, 1.165) is 17.0 Å². The van der Waals surface area contributed by atoms with Crippen molar-refractivity contribution < 1.29 is 14.6 Å². The number of carbonyl (C=O) groups is 1. The average molecular weight is 251 g/mol. The van der Waals surface area contributed by atoms with Crippen LogP contribution in [-0.2, 0) is 4.79 Å². The molecule has 0 heterocycles. The minimum atomic E-state index is -0.779. The maximum atomic E-state index is 10.5. The minimum absolute atomic E-state index is 0.139. The molecule has 0 bridgehead atoms. The third-order valence-electron chi connectivity index (χ3n) is 2.62. The van der Waals surface area contributed by atoms with Crippen LogP contribution < -0.4 is 9.64 Å². The van der Waals surface area contributed by atoms with E-state index in [1.807, 2.05) is 50.9 Å². The van der Waals surface area contributed by atoms with Gasteiger partial charge in [0.05, 0.1) is 12.5 Å². The fourth-order valence-corrected chi connectivity index (χ4v) is 1.65. The van der Waals surface area contributed by atoms with Gasteiger partial charge in [-0.15, -0.1) is 0 Å². The van der Waals surface area contributed by atoms with E-state index in [2.05, 4.69) is 0 Å². The Balaban J connectivity index is 2.73. The Hall–Kier alpha value is -1.71. The zero-order valence-corrected chi connectivity index (χ0v) is 11.4. The lowest BCUT2D eigenvalue weighted by atomic mass is 10.2. The molecular formula is C14H21NO3. The molecule has 0 spiro atoms. The molecule has 1 rings (SSSR count). The van der Waals surface area contributed by atoms with E-state index in [4.69, 9.17) is 9.84 Å². The molecule has 0 amide bonds. The molecule has 0 saturated heterocycles. The van der Waals surface area contributed by atoms with Gasteiger partial charge in [0.25, 0.3) is 0 Å². The first-order valence-electron chi connectivity index (χ1n) is 6.10. The summed E-state index contributed by atoms with van der Waals surface area (Å²) in [5.41, 5.74) is 2.06. The highest BCUT2D eigenvalue weighted by Gasteiger charge is 2.07. The molecule has 0 atom stereocenters. The summed E-state index contributed by atoms with van der Waals surface area (Å²) >= 11 is 0. The van der Waals surface area contributed by atoms with Crippen molar-refractivity contribution in [2.24, 2.45) is 0 Å². The van der Waals surface area contributed by atoms with Crippen molar-refractivity contribution in [1.29, 1.82) is 0 Å². The fraction of sp³-hybridized carbons (Fsp3) is 0.500. The maximum absolute atomic E-state index is 10.5. The molecule has 1 N–H and O–H groups in total. The average Bonchev–Trinajstić information content (AvgIpc) is 2.28. The minimum Gasteiger partial charge on any atom is -0.491 e. The standard InChI is InChI=1S/C14H21NO3/c1-10(2)18-13-6-5-12(9-11(13)3)15(4)8-7-14(16)17/h5-6,9-10H,7-8H2,1-4H3,(H,16,17). The number of carboxylic acids is 1. The Kier molecular flexibility index (Phi) is 5.01. The number of hydrogen-bond acceptors (Lipinski definition) is 3. The number of anilines is 1. The van der Waals surface area contributed by atoms with Gasteiger partial charge >= 0.3 is 5.97 Å². The van der Waals surface area contributed by atoms with E-state index in [1.165, 1.54) is 0 Å². The first-order valence-corrected chi connectivity index (χ1v) is 6.10. The van der Waals surface area contributed by atoms with Crippen molar-refractivity contribution in [3.63, 3.8) is 0 Å². The van der Waals surface area contributed by atoms with Gasteiger partial charge in [0.2, 0.25) is 0 Å². The predicted molar refractivity (Wildman–Crippen MR) is 72.5 cm³/mol. The summed E-state index contributed by atoms with van der Waals surface area (Å²) in [5, 5.41) is 8.66. The molecule has 0 fully saturated rings. The molecule has 4 nitrogen and oxygen atoms in total.